The molecule has 0 amide bonds. The van der Waals surface area contributed by atoms with Crippen LogP contribution in [0.4, 0.5) is 0 Å². The molecule has 0 atom stereocenters. The van der Waals surface area contributed by atoms with Crippen LogP contribution in [0.25, 0.3) is 86.8 Å². The predicted molar refractivity (Wildman–Crippen MR) is 176 cm³/mol. The molecule has 9 rings (SSSR count). The van der Waals surface area contributed by atoms with Gasteiger partial charge in [0, 0.05) is 37.5 Å². The van der Waals surface area contributed by atoms with Crippen molar-refractivity contribution in [3.63, 3.8) is 0 Å². The van der Waals surface area contributed by atoms with Crippen LogP contribution in [0.2, 0.25) is 0 Å². The van der Waals surface area contributed by atoms with E-state index < -0.39 is 0 Å². The molecule has 42 heavy (non-hydrogen) atoms. The zero-order valence-electron chi connectivity index (χ0n) is 22.4. The molecule has 0 unspecified atom stereocenters. The number of para-hydroxylation sites is 2. The van der Waals surface area contributed by atoms with E-state index in [1.165, 1.54) is 15.5 Å². The molecule has 6 aromatic carbocycles. The molecule has 3 aromatic heterocycles. The molecule has 0 bridgehead atoms. The Hall–Kier alpha value is -5.32. The van der Waals surface area contributed by atoms with Gasteiger partial charge in [-0.1, -0.05) is 115 Å². The van der Waals surface area contributed by atoms with E-state index in [2.05, 4.69) is 121 Å². The van der Waals surface area contributed by atoms with E-state index >= 15 is 0 Å². The minimum Gasteiger partial charge on any atom is -0.455 e. The van der Waals surface area contributed by atoms with Crippen molar-refractivity contribution in [1.29, 1.82) is 0 Å². The van der Waals surface area contributed by atoms with Gasteiger partial charge in [0.05, 0.1) is 15.9 Å². The second-order valence-electron chi connectivity index (χ2n) is 10.6. The van der Waals surface area contributed by atoms with Crippen LogP contribution in [0, 0.1) is 0 Å². The van der Waals surface area contributed by atoms with Gasteiger partial charge in [-0.2, -0.15) is 0 Å². The van der Waals surface area contributed by atoms with Crippen LogP contribution in [-0.4, -0.2) is 9.97 Å². The van der Waals surface area contributed by atoms with E-state index in [0.717, 1.165) is 71.3 Å². The van der Waals surface area contributed by atoms with E-state index in [4.69, 9.17) is 14.4 Å². The van der Waals surface area contributed by atoms with Crippen molar-refractivity contribution in [2.45, 2.75) is 0 Å². The molecule has 0 aliphatic heterocycles. The van der Waals surface area contributed by atoms with Crippen molar-refractivity contribution >= 4 is 64.4 Å². The fourth-order valence-electron chi connectivity index (χ4n) is 6.03. The monoisotopic (exact) mass is 554 g/mol. The topological polar surface area (TPSA) is 38.9 Å². The highest BCUT2D eigenvalue weighted by Gasteiger charge is 2.17. The van der Waals surface area contributed by atoms with E-state index in [9.17, 15) is 0 Å². The molecule has 196 valence electrons. The fraction of sp³-hybridized carbons (Fsp3) is 0. The van der Waals surface area contributed by atoms with E-state index in [1.807, 2.05) is 12.1 Å². The lowest BCUT2D eigenvalue weighted by Crippen LogP contribution is -1.94. The summed E-state index contributed by atoms with van der Waals surface area (Å²) < 4.78 is 8.64. The van der Waals surface area contributed by atoms with Crippen LogP contribution in [0.5, 0.6) is 0 Å². The lowest BCUT2D eigenvalue weighted by molar-refractivity contribution is 0.670. The molecule has 0 fully saturated rings. The molecule has 9 aromatic rings. The standard InChI is InChI=1S/C38H22N2OS/c1-2-9-26-22-27(21-16-23(26)8-1)34-37-35(31-11-4-6-15-33(31)42-37)40-38(39-34)25-19-17-24(18-20-25)28-12-7-13-30-29-10-3-5-14-32(29)41-36(28)30/h1-22H. The molecule has 0 saturated heterocycles. The van der Waals surface area contributed by atoms with Crippen LogP contribution in [-0.2, 0) is 0 Å². The van der Waals surface area contributed by atoms with E-state index in [1.54, 1.807) is 11.3 Å². The van der Waals surface area contributed by atoms with Crippen LogP contribution < -0.4 is 0 Å². The van der Waals surface area contributed by atoms with Crippen LogP contribution in [0.3, 0.4) is 0 Å². The number of fused-ring (bicyclic) bond motifs is 7. The summed E-state index contributed by atoms with van der Waals surface area (Å²) in [6.45, 7) is 0. The molecule has 0 aliphatic rings. The molecular weight excluding hydrogens is 532 g/mol. The first-order valence-corrected chi connectivity index (χ1v) is 14.8. The highest BCUT2D eigenvalue weighted by atomic mass is 32.1. The summed E-state index contributed by atoms with van der Waals surface area (Å²) in [6, 6.07) is 46.6. The summed E-state index contributed by atoms with van der Waals surface area (Å²) in [6.07, 6.45) is 0. The van der Waals surface area contributed by atoms with Crippen molar-refractivity contribution in [3.05, 3.63) is 133 Å². The Labute approximate surface area is 245 Å². The van der Waals surface area contributed by atoms with Crippen LogP contribution in [0.15, 0.2) is 138 Å². The Morgan fingerprint density at radius 3 is 2.14 bits per heavy atom. The number of furan rings is 1. The summed E-state index contributed by atoms with van der Waals surface area (Å²) in [5, 5.41) is 5.85. The van der Waals surface area contributed by atoms with Gasteiger partial charge in [0.1, 0.15) is 11.2 Å². The zero-order chi connectivity index (χ0) is 27.6. The van der Waals surface area contributed by atoms with Gasteiger partial charge in [0.15, 0.2) is 5.82 Å². The number of aromatic nitrogens is 2. The molecule has 0 spiro atoms. The van der Waals surface area contributed by atoms with Gasteiger partial charge in [0.25, 0.3) is 0 Å². The second kappa shape index (κ2) is 9.10. The highest BCUT2D eigenvalue weighted by molar-refractivity contribution is 7.26. The smallest absolute Gasteiger partial charge is 0.160 e. The van der Waals surface area contributed by atoms with Gasteiger partial charge in [-0.25, -0.2) is 9.97 Å². The molecule has 3 heterocycles. The van der Waals surface area contributed by atoms with Crippen molar-refractivity contribution in [1.82, 2.24) is 9.97 Å². The number of nitrogens with zero attached hydrogens (tertiary/aromatic N) is 2. The van der Waals surface area contributed by atoms with Crippen molar-refractivity contribution in [2.75, 3.05) is 0 Å². The van der Waals surface area contributed by atoms with Gasteiger partial charge >= 0.3 is 0 Å². The quantitative estimate of drug-likeness (QED) is 0.218. The predicted octanol–water partition coefficient (Wildman–Crippen LogP) is 10.9. The third kappa shape index (κ3) is 3.59. The SMILES string of the molecule is c1ccc2cc(-c3nc(-c4ccc(-c5cccc6c5oc5ccccc56)cc4)nc4c3sc3ccccc34)ccc2c1. The maximum absolute atomic E-state index is 6.30. The largest absolute Gasteiger partial charge is 0.455 e. The lowest BCUT2D eigenvalue weighted by atomic mass is 10.0. The summed E-state index contributed by atoms with van der Waals surface area (Å²) in [4.78, 5) is 10.3. The summed E-state index contributed by atoms with van der Waals surface area (Å²) >= 11 is 1.76. The lowest BCUT2D eigenvalue weighted by Gasteiger charge is -2.09. The molecule has 3 nitrogen and oxygen atoms in total. The molecule has 0 aliphatic carbocycles. The molecule has 0 saturated carbocycles. The van der Waals surface area contributed by atoms with Gasteiger partial charge in [-0.15, -0.1) is 11.3 Å². The highest BCUT2D eigenvalue weighted by Crippen LogP contribution is 2.40. The summed E-state index contributed by atoms with van der Waals surface area (Å²) in [5.41, 5.74) is 8.04. The normalized spacial score (nSPS) is 11.8. The summed E-state index contributed by atoms with van der Waals surface area (Å²) in [5.74, 6) is 0.725. The first-order valence-electron chi connectivity index (χ1n) is 14.0. The summed E-state index contributed by atoms with van der Waals surface area (Å²) in [7, 11) is 0. The Bertz CT molecular complexity index is 2470. The Kier molecular flexibility index (Phi) is 5.07. The minimum atomic E-state index is 0.725. The first-order chi connectivity index (χ1) is 20.8. The van der Waals surface area contributed by atoms with Crippen molar-refractivity contribution < 1.29 is 4.42 Å². The molecule has 4 heteroatoms. The number of thiophene rings is 1. The number of hydrogen-bond acceptors (Lipinski definition) is 4. The minimum absolute atomic E-state index is 0.725. The Balaban J connectivity index is 1.21. The third-order valence-corrected chi connectivity index (χ3v) is 9.27. The number of rotatable bonds is 3. The third-order valence-electron chi connectivity index (χ3n) is 8.10. The van der Waals surface area contributed by atoms with Gasteiger partial charge in [-0.05, 0) is 34.5 Å². The second-order valence-corrected chi connectivity index (χ2v) is 11.6. The number of benzene rings is 6. The molecular formula is C38H22N2OS. The van der Waals surface area contributed by atoms with Gasteiger partial charge in [-0.3, -0.25) is 0 Å². The zero-order valence-corrected chi connectivity index (χ0v) is 23.2. The van der Waals surface area contributed by atoms with E-state index in [0.29, 0.717) is 0 Å². The molecule has 0 radical (unpaired) electrons. The number of hydrogen-bond donors (Lipinski definition) is 0. The fourth-order valence-corrected chi connectivity index (χ4v) is 7.18. The van der Waals surface area contributed by atoms with Crippen molar-refractivity contribution in [3.8, 4) is 33.8 Å². The van der Waals surface area contributed by atoms with E-state index in [-0.39, 0.29) is 0 Å². The van der Waals surface area contributed by atoms with Crippen LogP contribution >= 0.6 is 11.3 Å². The first kappa shape index (κ1) is 23.4. The Morgan fingerprint density at radius 2 is 1.24 bits per heavy atom. The average molecular weight is 555 g/mol. The maximum atomic E-state index is 6.30. The van der Waals surface area contributed by atoms with Crippen molar-refractivity contribution in [2.24, 2.45) is 0 Å². The molecule has 0 N–H and O–H groups in total. The van der Waals surface area contributed by atoms with Gasteiger partial charge < -0.3 is 4.42 Å². The van der Waals surface area contributed by atoms with Gasteiger partial charge in [0.2, 0.25) is 0 Å². The maximum Gasteiger partial charge on any atom is 0.160 e. The van der Waals surface area contributed by atoms with Crippen LogP contribution in [0.1, 0.15) is 0 Å². The average Bonchev–Trinajstić information content (AvgIpc) is 3.63. The Morgan fingerprint density at radius 1 is 0.524 bits per heavy atom.